The molecule has 2 heterocycles. The number of hydrogen-bond donors (Lipinski definition) is 0. The molecule has 0 N–H and O–H groups in total. The van der Waals surface area contributed by atoms with Crippen LogP contribution in [0.3, 0.4) is 0 Å². The Hall–Kier alpha value is -5.08. The molecule has 1 aliphatic carbocycles. The van der Waals surface area contributed by atoms with Gasteiger partial charge in [0, 0.05) is 32.9 Å². The third-order valence-electron chi connectivity index (χ3n) is 7.98. The van der Waals surface area contributed by atoms with Crippen LogP contribution in [0.2, 0.25) is 0 Å². The van der Waals surface area contributed by atoms with E-state index in [2.05, 4.69) is 155 Å². The molecule has 0 unspecified atom stereocenters. The highest BCUT2D eigenvalue weighted by Gasteiger charge is 2.14. The molecule has 8 rings (SSSR count). The lowest BCUT2D eigenvalue weighted by molar-refractivity contribution is 1.18. The van der Waals surface area contributed by atoms with Crippen LogP contribution >= 0.6 is 0 Å². The van der Waals surface area contributed by atoms with Gasteiger partial charge in [-0.3, -0.25) is 0 Å². The Balaban J connectivity index is 1.16. The van der Waals surface area contributed by atoms with Crippen molar-refractivity contribution in [3.8, 4) is 5.69 Å². The number of fused-ring (bicyclic) bond motifs is 6. The quantitative estimate of drug-likeness (QED) is 0.229. The zero-order valence-corrected chi connectivity index (χ0v) is 21.5. The van der Waals surface area contributed by atoms with Gasteiger partial charge in [-0.25, -0.2) is 0 Å². The Kier molecular flexibility index (Phi) is 4.92. The number of hydrogen-bond acceptors (Lipinski definition) is 0. The van der Waals surface area contributed by atoms with Gasteiger partial charge in [0.25, 0.3) is 0 Å². The predicted molar refractivity (Wildman–Crippen MR) is 166 cm³/mol. The van der Waals surface area contributed by atoms with Gasteiger partial charge in [-0.1, -0.05) is 103 Å². The summed E-state index contributed by atoms with van der Waals surface area (Å²) in [6.07, 6.45) is 10.1. The molecule has 0 spiro atoms. The second-order valence-corrected chi connectivity index (χ2v) is 10.1. The minimum Gasteiger partial charge on any atom is -0.310 e. The minimum atomic E-state index is 0.882. The van der Waals surface area contributed by atoms with E-state index in [4.69, 9.17) is 0 Å². The molecule has 2 heteroatoms. The first-order valence-electron chi connectivity index (χ1n) is 13.5. The molecule has 5 aromatic carbocycles. The molecule has 0 radical (unpaired) electrons. The van der Waals surface area contributed by atoms with Crippen molar-refractivity contribution in [1.82, 2.24) is 9.13 Å². The first-order valence-corrected chi connectivity index (χ1v) is 13.5. The van der Waals surface area contributed by atoms with Crippen molar-refractivity contribution in [3.63, 3.8) is 0 Å². The lowest BCUT2D eigenvalue weighted by Gasteiger charge is -2.10. The van der Waals surface area contributed by atoms with Gasteiger partial charge in [0.15, 0.2) is 0 Å². The van der Waals surface area contributed by atoms with E-state index < -0.39 is 0 Å². The first kappa shape index (κ1) is 22.0. The van der Waals surface area contributed by atoms with Crippen molar-refractivity contribution in [3.05, 3.63) is 151 Å². The topological polar surface area (TPSA) is 9.86 Å². The van der Waals surface area contributed by atoms with Crippen LogP contribution in [0.5, 0.6) is 0 Å². The standard InChI is InChI=1S/C37H26N2/c1-5-16-34-30(12-1)31-13-2-6-17-35(31)38(34)28-11-9-10-26(20-23-28)27-21-24-29(25-22-27)39-36-18-7-3-14-32(36)33-15-4-8-19-37(33)39/h1-8,10-25H,9H2. The molecule has 0 amide bonds. The Bertz CT molecular complexity index is 2020. The molecule has 0 aliphatic heterocycles. The van der Waals surface area contributed by atoms with Crippen LogP contribution in [0.15, 0.2) is 146 Å². The summed E-state index contributed by atoms with van der Waals surface area (Å²) in [6, 6.07) is 43.7. The third-order valence-corrected chi connectivity index (χ3v) is 7.98. The lowest BCUT2D eigenvalue weighted by Crippen LogP contribution is -1.94. The average molecular weight is 499 g/mol. The van der Waals surface area contributed by atoms with Crippen LogP contribution in [-0.4, -0.2) is 9.13 Å². The van der Waals surface area contributed by atoms with Crippen LogP contribution in [-0.2, 0) is 0 Å². The smallest absolute Gasteiger partial charge is 0.0541 e. The van der Waals surface area contributed by atoms with E-state index in [0.29, 0.717) is 0 Å². The molecule has 7 aromatic rings. The summed E-state index contributed by atoms with van der Waals surface area (Å²) >= 11 is 0. The van der Waals surface area contributed by atoms with Crippen molar-refractivity contribution in [2.75, 3.05) is 0 Å². The number of allylic oxidation sites excluding steroid dienone is 6. The lowest BCUT2D eigenvalue weighted by atomic mass is 10.0. The zero-order chi connectivity index (χ0) is 25.8. The van der Waals surface area contributed by atoms with E-state index in [-0.39, 0.29) is 0 Å². The van der Waals surface area contributed by atoms with E-state index in [0.717, 1.165) is 6.42 Å². The summed E-state index contributed by atoms with van der Waals surface area (Å²) in [5, 5.41) is 5.16. The van der Waals surface area contributed by atoms with Gasteiger partial charge in [-0.2, -0.15) is 0 Å². The summed E-state index contributed by atoms with van der Waals surface area (Å²) in [4.78, 5) is 0. The maximum atomic E-state index is 2.39. The van der Waals surface area contributed by atoms with Gasteiger partial charge in [-0.15, -0.1) is 0 Å². The van der Waals surface area contributed by atoms with Crippen LogP contribution in [0.4, 0.5) is 0 Å². The largest absolute Gasteiger partial charge is 0.310 e. The van der Waals surface area contributed by atoms with Crippen molar-refractivity contribution < 1.29 is 0 Å². The summed E-state index contributed by atoms with van der Waals surface area (Å²) in [5.74, 6) is 0. The van der Waals surface area contributed by atoms with E-state index >= 15 is 0 Å². The fraction of sp³-hybridized carbons (Fsp3) is 0.0270. The van der Waals surface area contributed by atoms with Crippen LogP contribution < -0.4 is 0 Å². The van der Waals surface area contributed by atoms with Gasteiger partial charge in [0.2, 0.25) is 0 Å². The van der Waals surface area contributed by atoms with E-state index in [1.54, 1.807) is 0 Å². The normalized spacial score (nSPS) is 13.7. The minimum absolute atomic E-state index is 0.882. The number of benzene rings is 5. The van der Waals surface area contributed by atoms with E-state index in [1.807, 2.05) is 0 Å². The number of para-hydroxylation sites is 4. The predicted octanol–water partition coefficient (Wildman–Crippen LogP) is 9.78. The van der Waals surface area contributed by atoms with Gasteiger partial charge in [0.05, 0.1) is 22.1 Å². The van der Waals surface area contributed by atoms with Crippen LogP contribution in [0, 0.1) is 0 Å². The third kappa shape index (κ3) is 3.42. The molecule has 0 saturated carbocycles. The van der Waals surface area contributed by atoms with Crippen molar-refractivity contribution >= 4 is 54.9 Å². The van der Waals surface area contributed by atoms with Crippen molar-refractivity contribution in [2.24, 2.45) is 0 Å². The molecule has 0 atom stereocenters. The summed E-state index contributed by atoms with van der Waals surface area (Å²) in [6.45, 7) is 0. The highest BCUT2D eigenvalue weighted by Crippen LogP contribution is 2.35. The fourth-order valence-electron chi connectivity index (χ4n) is 6.20. The Morgan fingerprint density at radius 1 is 0.410 bits per heavy atom. The molecule has 0 saturated heterocycles. The second-order valence-electron chi connectivity index (χ2n) is 10.1. The molecule has 0 fully saturated rings. The maximum absolute atomic E-state index is 2.39. The number of aromatic nitrogens is 2. The summed E-state index contributed by atoms with van der Waals surface area (Å²) < 4.78 is 4.76. The Labute approximate surface area is 227 Å². The van der Waals surface area contributed by atoms with E-state index in [1.165, 1.54) is 66.1 Å². The molecule has 2 aromatic heterocycles. The van der Waals surface area contributed by atoms with Gasteiger partial charge in [0.1, 0.15) is 0 Å². The molecule has 184 valence electrons. The molecule has 39 heavy (non-hydrogen) atoms. The van der Waals surface area contributed by atoms with Crippen molar-refractivity contribution in [2.45, 2.75) is 6.42 Å². The molecule has 1 aliphatic rings. The second kappa shape index (κ2) is 8.75. The number of rotatable bonds is 3. The summed E-state index contributed by atoms with van der Waals surface area (Å²) in [7, 11) is 0. The molecule has 2 nitrogen and oxygen atoms in total. The summed E-state index contributed by atoms with van der Waals surface area (Å²) in [5.41, 5.74) is 9.82. The molecular formula is C37H26N2. The maximum Gasteiger partial charge on any atom is 0.0541 e. The van der Waals surface area contributed by atoms with Gasteiger partial charge < -0.3 is 9.13 Å². The van der Waals surface area contributed by atoms with Crippen LogP contribution in [0.1, 0.15) is 12.0 Å². The molecule has 0 bridgehead atoms. The number of nitrogens with zero attached hydrogens (tertiary/aromatic N) is 2. The van der Waals surface area contributed by atoms with Crippen molar-refractivity contribution in [1.29, 1.82) is 0 Å². The SMILES string of the molecule is C1=CC(n2c3ccccc3c3ccccc32)=CCC=C1c1ccc(-n2c3ccccc3c3ccccc32)cc1. The fourth-order valence-corrected chi connectivity index (χ4v) is 6.20. The highest BCUT2D eigenvalue weighted by atomic mass is 15.0. The average Bonchev–Trinajstić information content (AvgIpc) is 3.39. The van der Waals surface area contributed by atoms with Crippen LogP contribution in [0.25, 0.3) is 60.6 Å². The zero-order valence-electron chi connectivity index (χ0n) is 21.5. The molecular weight excluding hydrogens is 472 g/mol. The Morgan fingerprint density at radius 3 is 1.38 bits per heavy atom. The Morgan fingerprint density at radius 2 is 0.872 bits per heavy atom. The van der Waals surface area contributed by atoms with E-state index in [9.17, 15) is 0 Å². The highest BCUT2D eigenvalue weighted by molar-refractivity contribution is 6.11. The monoisotopic (exact) mass is 498 g/mol. The first-order chi connectivity index (χ1) is 19.4. The van der Waals surface area contributed by atoms with Gasteiger partial charge >= 0.3 is 0 Å². The van der Waals surface area contributed by atoms with Gasteiger partial charge in [-0.05, 0) is 60.0 Å².